The molecule has 0 bridgehead atoms. The summed E-state index contributed by atoms with van der Waals surface area (Å²) in [5.41, 5.74) is 2.64. The highest BCUT2D eigenvalue weighted by atomic mass is 16.6. The maximum Gasteiger partial charge on any atom is 0.344 e. The standard InChI is InChI=1S/C20H21NO5/c1-13(2)15-7-6-14(3)18(9-15)24-12-20(22)25-11-16-10-19(26-21-16)17-5-4-8-23-17/h4-10,13H,11-12H2,1-3H3. The molecule has 6 nitrogen and oxygen atoms in total. The number of aryl methyl sites for hydroxylation is 1. The second-order valence-corrected chi connectivity index (χ2v) is 6.29. The van der Waals surface area contributed by atoms with Gasteiger partial charge in [0.05, 0.1) is 6.26 Å². The van der Waals surface area contributed by atoms with Crippen LogP contribution in [0.3, 0.4) is 0 Å². The largest absolute Gasteiger partial charge is 0.482 e. The Bertz CT molecular complexity index is 864. The van der Waals surface area contributed by atoms with Gasteiger partial charge in [0, 0.05) is 6.07 Å². The fourth-order valence-electron chi connectivity index (χ4n) is 2.38. The lowest BCUT2D eigenvalue weighted by atomic mass is 10.0. The minimum atomic E-state index is -0.470. The quantitative estimate of drug-likeness (QED) is 0.581. The Morgan fingerprint density at radius 2 is 2.04 bits per heavy atom. The van der Waals surface area contributed by atoms with E-state index in [0.717, 1.165) is 11.1 Å². The Morgan fingerprint density at radius 1 is 1.19 bits per heavy atom. The van der Waals surface area contributed by atoms with Crippen molar-refractivity contribution in [3.63, 3.8) is 0 Å². The highest BCUT2D eigenvalue weighted by Gasteiger charge is 2.12. The highest BCUT2D eigenvalue weighted by Crippen LogP contribution is 2.24. The summed E-state index contributed by atoms with van der Waals surface area (Å²) in [6, 6.07) is 11.2. The molecule has 0 amide bonds. The van der Waals surface area contributed by atoms with E-state index >= 15 is 0 Å². The summed E-state index contributed by atoms with van der Waals surface area (Å²) in [4.78, 5) is 11.9. The summed E-state index contributed by atoms with van der Waals surface area (Å²) >= 11 is 0. The number of carbonyl (C=O) groups is 1. The van der Waals surface area contributed by atoms with Gasteiger partial charge in [0.2, 0.25) is 5.76 Å². The van der Waals surface area contributed by atoms with E-state index in [0.29, 0.717) is 28.9 Å². The monoisotopic (exact) mass is 355 g/mol. The molecule has 136 valence electrons. The van der Waals surface area contributed by atoms with E-state index < -0.39 is 5.97 Å². The van der Waals surface area contributed by atoms with E-state index in [1.54, 1.807) is 24.5 Å². The molecule has 0 aliphatic rings. The number of hydrogen-bond acceptors (Lipinski definition) is 6. The molecule has 0 aliphatic heterocycles. The summed E-state index contributed by atoms with van der Waals surface area (Å²) in [5.74, 6) is 1.66. The first-order valence-corrected chi connectivity index (χ1v) is 8.41. The predicted octanol–water partition coefficient (Wildman–Crippen LogP) is 4.49. The van der Waals surface area contributed by atoms with Crippen LogP contribution >= 0.6 is 0 Å². The lowest BCUT2D eigenvalue weighted by Crippen LogP contribution is -2.15. The molecule has 0 aliphatic carbocycles. The third kappa shape index (κ3) is 4.33. The lowest BCUT2D eigenvalue weighted by molar-refractivity contribution is -0.147. The van der Waals surface area contributed by atoms with Crippen LogP contribution in [0.1, 0.15) is 36.6 Å². The molecule has 26 heavy (non-hydrogen) atoms. The normalized spacial score (nSPS) is 10.9. The van der Waals surface area contributed by atoms with Crippen LogP contribution in [0.15, 0.2) is 51.6 Å². The van der Waals surface area contributed by atoms with Gasteiger partial charge in [-0.05, 0) is 42.2 Å². The van der Waals surface area contributed by atoms with Gasteiger partial charge in [-0.2, -0.15) is 0 Å². The third-order valence-electron chi connectivity index (χ3n) is 3.93. The van der Waals surface area contributed by atoms with Crippen molar-refractivity contribution in [1.82, 2.24) is 5.16 Å². The Balaban J connectivity index is 1.51. The van der Waals surface area contributed by atoms with Gasteiger partial charge in [-0.3, -0.25) is 0 Å². The number of carbonyl (C=O) groups excluding carboxylic acids is 1. The molecule has 2 heterocycles. The summed E-state index contributed by atoms with van der Waals surface area (Å²) in [5, 5.41) is 3.85. The summed E-state index contributed by atoms with van der Waals surface area (Å²) in [6.07, 6.45) is 1.55. The van der Waals surface area contributed by atoms with Crippen molar-refractivity contribution in [3.05, 3.63) is 59.5 Å². The topological polar surface area (TPSA) is 74.7 Å². The van der Waals surface area contributed by atoms with Crippen LogP contribution < -0.4 is 4.74 Å². The Labute approximate surface area is 151 Å². The molecule has 0 radical (unpaired) electrons. The van der Waals surface area contributed by atoms with Crippen LogP contribution in [0.25, 0.3) is 11.5 Å². The van der Waals surface area contributed by atoms with E-state index in [4.69, 9.17) is 18.4 Å². The summed E-state index contributed by atoms with van der Waals surface area (Å²) in [6.45, 7) is 6.01. The van der Waals surface area contributed by atoms with Crippen LogP contribution in [-0.2, 0) is 16.1 Å². The Hall–Kier alpha value is -3.02. The fraction of sp³-hybridized carbons (Fsp3) is 0.300. The van der Waals surface area contributed by atoms with Gasteiger partial charge in [0.25, 0.3) is 0 Å². The van der Waals surface area contributed by atoms with E-state index in [-0.39, 0.29) is 13.2 Å². The van der Waals surface area contributed by atoms with Crippen molar-refractivity contribution in [2.75, 3.05) is 6.61 Å². The number of benzene rings is 1. The molecule has 0 N–H and O–H groups in total. The van der Waals surface area contributed by atoms with Gasteiger partial charge in [0.15, 0.2) is 12.4 Å². The van der Waals surface area contributed by atoms with Crippen molar-refractivity contribution in [1.29, 1.82) is 0 Å². The zero-order valence-corrected chi connectivity index (χ0v) is 15.0. The number of hydrogen-bond donors (Lipinski definition) is 0. The molecule has 0 unspecified atom stereocenters. The number of esters is 1. The van der Waals surface area contributed by atoms with Gasteiger partial charge in [-0.1, -0.05) is 31.1 Å². The van der Waals surface area contributed by atoms with Crippen molar-refractivity contribution in [2.24, 2.45) is 0 Å². The van der Waals surface area contributed by atoms with E-state index in [1.807, 2.05) is 19.1 Å². The van der Waals surface area contributed by atoms with Gasteiger partial charge in [0.1, 0.15) is 18.1 Å². The molecule has 3 rings (SSSR count). The number of ether oxygens (including phenoxy) is 2. The smallest absolute Gasteiger partial charge is 0.344 e. The average Bonchev–Trinajstić information content (AvgIpc) is 3.30. The lowest BCUT2D eigenvalue weighted by Gasteiger charge is -2.12. The zero-order valence-electron chi connectivity index (χ0n) is 15.0. The molecule has 0 saturated carbocycles. The van der Waals surface area contributed by atoms with Crippen LogP contribution in [0.4, 0.5) is 0 Å². The molecule has 6 heteroatoms. The van der Waals surface area contributed by atoms with Crippen molar-refractivity contribution >= 4 is 5.97 Å². The van der Waals surface area contributed by atoms with E-state index in [9.17, 15) is 4.79 Å². The van der Waals surface area contributed by atoms with Crippen LogP contribution in [0.2, 0.25) is 0 Å². The molecule has 1 aromatic carbocycles. The molecular formula is C20H21NO5. The first kappa shape index (κ1) is 17.8. The van der Waals surface area contributed by atoms with Gasteiger partial charge in [-0.25, -0.2) is 4.79 Å². The number of rotatable bonds is 7. The highest BCUT2D eigenvalue weighted by molar-refractivity contribution is 5.71. The molecule has 0 spiro atoms. The number of nitrogens with zero attached hydrogens (tertiary/aromatic N) is 1. The zero-order chi connectivity index (χ0) is 18.5. The summed E-state index contributed by atoms with van der Waals surface area (Å²) < 4.78 is 21.2. The SMILES string of the molecule is Cc1ccc(C(C)C)cc1OCC(=O)OCc1cc(-c2ccco2)on1. The van der Waals surface area contributed by atoms with Crippen molar-refractivity contribution in [3.8, 4) is 17.3 Å². The van der Waals surface area contributed by atoms with Crippen LogP contribution in [0.5, 0.6) is 5.75 Å². The van der Waals surface area contributed by atoms with Crippen molar-refractivity contribution < 1.29 is 23.2 Å². The molecule has 0 atom stereocenters. The van der Waals surface area contributed by atoms with E-state index in [2.05, 4.69) is 25.1 Å². The van der Waals surface area contributed by atoms with Crippen LogP contribution in [-0.4, -0.2) is 17.7 Å². The second kappa shape index (κ2) is 7.91. The van der Waals surface area contributed by atoms with E-state index in [1.165, 1.54) is 0 Å². The minimum absolute atomic E-state index is 0.0113. The summed E-state index contributed by atoms with van der Waals surface area (Å²) in [7, 11) is 0. The molecule has 0 fully saturated rings. The fourth-order valence-corrected chi connectivity index (χ4v) is 2.38. The van der Waals surface area contributed by atoms with Crippen LogP contribution in [0, 0.1) is 6.92 Å². The predicted molar refractivity (Wildman–Crippen MR) is 94.8 cm³/mol. The van der Waals surface area contributed by atoms with Gasteiger partial charge < -0.3 is 18.4 Å². The first-order valence-electron chi connectivity index (χ1n) is 8.41. The maximum atomic E-state index is 11.9. The minimum Gasteiger partial charge on any atom is -0.482 e. The molecule has 0 saturated heterocycles. The first-order chi connectivity index (χ1) is 12.5. The number of aromatic nitrogens is 1. The molecule has 3 aromatic rings. The maximum absolute atomic E-state index is 11.9. The van der Waals surface area contributed by atoms with Gasteiger partial charge >= 0.3 is 5.97 Å². The molecular weight excluding hydrogens is 334 g/mol. The third-order valence-corrected chi connectivity index (χ3v) is 3.93. The molecule has 2 aromatic heterocycles. The van der Waals surface area contributed by atoms with Gasteiger partial charge in [-0.15, -0.1) is 0 Å². The van der Waals surface area contributed by atoms with Crippen molar-refractivity contribution in [2.45, 2.75) is 33.3 Å². The second-order valence-electron chi connectivity index (χ2n) is 6.29. The number of furan rings is 1. The average molecular weight is 355 g/mol. The Morgan fingerprint density at radius 3 is 2.77 bits per heavy atom. The Kier molecular flexibility index (Phi) is 5.41.